The van der Waals surface area contributed by atoms with E-state index in [0.717, 1.165) is 5.56 Å². The molecule has 1 heterocycles. The number of nitriles is 1. The summed E-state index contributed by atoms with van der Waals surface area (Å²) >= 11 is 0. The summed E-state index contributed by atoms with van der Waals surface area (Å²) in [6.45, 7) is 1.88. The number of aromatic nitrogens is 2. The Morgan fingerprint density at radius 2 is 2.35 bits per heavy atom. The molecule has 0 amide bonds. The first-order valence-electron chi connectivity index (χ1n) is 5.27. The van der Waals surface area contributed by atoms with E-state index in [0.29, 0.717) is 23.7 Å². The van der Waals surface area contributed by atoms with Crippen molar-refractivity contribution >= 4 is 0 Å². The average molecular weight is 228 g/mol. The van der Waals surface area contributed by atoms with Crippen LogP contribution in [-0.4, -0.2) is 16.2 Å². The molecule has 0 aliphatic carbocycles. The molecule has 1 unspecified atom stereocenters. The maximum atomic E-state index is 8.80. The van der Waals surface area contributed by atoms with Gasteiger partial charge in [0.1, 0.15) is 0 Å². The zero-order valence-electron chi connectivity index (χ0n) is 9.42. The topological polar surface area (TPSA) is 88.7 Å². The van der Waals surface area contributed by atoms with Crippen LogP contribution in [0.1, 0.15) is 18.3 Å². The molecule has 1 atom stereocenters. The highest BCUT2D eigenvalue weighted by molar-refractivity contribution is 5.55. The van der Waals surface area contributed by atoms with Crippen LogP contribution in [0.15, 0.2) is 28.8 Å². The number of benzene rings is 1. The quantitative estimate of drug-likeness (QED) is 0.859. The van der Waals surface area contributed by atoms with Gasteiger partial charge in [-0.1, -0.05) is 11.2 Å². The first-order chi connectivity index (χ1) is 8.19. The molecule has 0 aliphatic heterocycles. The molecule has 1 aromatic carbocycles. The summed E-state index contributed by atoms with van der Waals surface area (Å²) in [6.07, 6.45) is 0.571. The maximum absolute atomic E-state index is 8.80. The highest BCUT2D eigenvalue weighted by Gasteiger charge is 2.10. The molecule has 5 heteroatoms. The lowest BCUT2D eigenvalue weighted by Gasteiger charge is -1.97. The summed E-state index contributed by atoms with van der Waals surface area (Å²) in [5.41, 5.74) is 6.96. The van der Waals surface area contributed by atoms with Gasteiger partial charge in [0, 0.05) is 18.0 Å². The predicted octanol–water partition coefficient (Wildman–Crippen LogP) is 1.50. The number of hydrogen-bond acceptors (Lipinski definition) is 5. The van der Waals surface area contributed by atoms with Crippen molar-refractivity contribution in [3.63, 3.8) is 0 Å². The van der Waals surface area contributed by atoms with Gasteiger partial charge in [0.2, 0.25) is 0 Å². The SMILES string of the molecule is CC(N)Cc1noc(-c2cccc(C#N)c2)n1. The molecule has 86 valence electrons. The van der Waals surface area contributed by atoms with Crippen molar-refractivity contribution in [2.75, 3.05) is 0 Å². The Morgan fingerprint density at radius 3 is 3.06 bits per heavy atom. The second kappa shape index (κ2) is 4.76. The van der Waals surface area contributed by atoms with Crippen LogP contribution in [0.4, 0.5) is 0 Å². The third kappa shape index (κ3) is 2.68. The summed E-state index contributed by atoms with van der Waals surface area (Å²) < 4.78 is 5.12. The van der Waals surface area contributed by atoms with Crippen LogP contribution in [0.3, 0.4) is 0 Å². The van der Waals surface area contributed by atoms with Gasteiger partial charge in [-0.2, -0.15) is 10.2 Å². The van der Waals surface area contributed by atoms with E-state index in [2.05, 4.69) is 16.2 Å². The first-order valence-corrected chi connectivity index (χ1v) is 5.27. The van der Waals surface area contributed by atoms with Crippen LogP contribution >= 0.6 is 0 Å². The van der Waals surface area contributed by atoms with E-state index in [-0.39, 0.29) is 6.04 Å². The Hall–Kier alpha value is -2.19. The van der Waals surface area contributed by atoms with Gasteiger partial charge in [0.25, 0.3) is 5.89 Å². The maximum Gasteiger partial charge on any atom is 0.257 e. The van der Waals surface area contributed by atoms with E-state index in [1.165, 1.54) is 0 Å². The van der Waals surface area contributed by atoms with Crippen LogP contribution in [0.5, 0.6) is 0 Å². The Morgan fingerprint density at radius 1 is 1.53 bits per heavy atom. The molecule has 2 rings (SSSR count). The van der Waals surface area contributed by atoms with Gasteiger partial charge < -0.3 is 10.3 Å². The summed E-state index contributed by atoms with van der Waals surface area (Å²) in [5, 5.41) is 12.6. The van der Waals surface area contributed by atoms with Crippen LogP contribution in [-0.2, 0) is 6.42 Å². The molecule has 0 bridgehead atoms. The lowest BCUT2D eigenvalue weighted by molar-refractivity contribution is 0.420. The lowest BCUT2D eigenvalue weighted by Crippen LogP contribution is -2.18. The molecule has 0 fully saturated rings. The monoisotopic (exact) mass is 228 g/mol. The van der Waals surface area contributed by atoms with Crippen LogP contribution in [0.25, 0.3) is 11.5 Å². The molecular formula is C12H12N4O. The van der Waals surface area contributed by atoms with E-state index < -0.39 is 0 Å². The van der Waals surface area contributed by atoms with Crippen LogP contribution in [0.2, 0.25) is 0 Å². The Kier molecular flexibility index (Phi) is 3.17. The van der Waals surface area contributed by atoms with Crippen molar-refractivity contribution in [2.45, 2.75) is 19.4 Å². The van der Waals surface area contributed by atoms with Gasteiger partial charge in [0.15, 0.2) is 5.82 Å². The Labute approximate surface area is 98.9 Å². The van der Waals surface area contributed by atoms with Crippen molar-refractivity contribution in [1.82, 2.24) is 10.1 Å². The Bertz CT molecular complexity index is 554. The second-order valence-electron chi connectivity index (χ2n) is 3.89. The predicted molar refractivity (Wildman–Crippen MR) is 61.8 cm³/mol. The molecule has 1 aromatic heterocycles. The number of nitrogens with zero attached hydrogens (tertiary/aromatic N) is 3. The summed E-state index contributed by atoms with van der Waals surface area (Å²) in [7, 11) is 0. The fourth-order valence-electron chi connectivity index (χ4n) is 1.46. The fourth-order valence-corrected chi connectivity index (χ4v) is 1.46. The highest BCUT2D eigenvalue weighted by atomic mass is 16.5. The number of rotatable bonds is 3. The minimum atomic E-state index is -0.00843. The van der Waals surface area contributed by atoms with Gasteiger partial charge in [-0.05, 0) is 25.1 Å². The molecule has 17 heavy (non-hydrogen) atoms. The lowest BCUT2D eigenvalue weighted by atomic mass is 10.1. The molecule has 0 aliphatic rings. The molecule has 2 aromatic rings. The largest absolute Gasteiger partial charge is 0.334 e. The average Bonchev–Trinajstić information content (AvgIpc) is 2.77. The van der Waals surface area contributed by atoms with Gasteiger partial charge >= 0.3 is 0 Å². The summed E-state index contributed by atoms with van der Waals surface area (Å²) in [4.78, 5) is 4.23. The summed E-state index contributed by atoms with van der Waals surface area (Å²) in [6, 6.07) is 9.10. The van der Waals surface area contributed by atoms with Crippen molar-refractivity contribution < 1.29 is 4.52 Å². The van der Waals surface area contributed by atoms with Crippen LogP contribution in [0, 0.1) is 11.3 Å². The second-order valence-corrected chi connectivity index (χ2v) is 3.89. The van der Waals surface area contributed by atoms with Crippen molar-refractivity contribution in [3.05, 3.63) is 35.7 Å². The molecule has 2 N–H and O–H groups in total. The molecular weight excluding hydrogens is 216 g/mol. The van der Waals surface area contributed by atoms with Crippen LogP contribution < -0.4 is 5.73 Å². The molecule has 0 saturated heterocycles. The normalized spacial score (nSPS) is 12.1. The zero-order valence-corrected chi connectivity index (χ0v) is 9.42. The van der Waals surface area contributed by atoms with Gasteiger partial charge in [0.05, 0.1) is 11.6 Å². The number of nitrogens with two attached hydrogens (primary N) is 1. The van der Waals surface area contributed by atoms with Crippen molar-refractivity contribution in [1.29, 1.82) is 5.26 Å². The van der Waals surface area contributed by atoms with Crippen molar-refractivity contribution in [2.24, 2.45) is 5.73 Å². The van der Waals surface area contributed by atoms with Gasteiger partial charge in [-0.15, -0.1) is 0 Å². The van der Waals surface area contributed by atoms with E-state index in [1.54, 1.807) is 18.2 Å². The fraction of sp³-hybridized carbons (Fsp3) is 0.250. The standard InChI is InChI=1S/C12H12N4O/c1-8(14)5-11-15-12(17-16-11)10-4-2-3-9(6-10)7-13/h2-4,6,8H,5,14H2,1H3. The molecule has 5 nitrogen and oxygen atoms in total. The number of hydrogen-bond donors (Lipinski definition) is 1. The minimum Gasteiger partial charge on any atom is -0.334 e. The molecule has 0 spiro atoms. The smallest absolute Gasteiger partial charge is 0.257 e. The highest BCUT2D eigenvalue weighted by Crippen LogP contribution is 2.18. The van der Waals surface area contributed by atoms with Gasteiger partial charge in [-0.3, -0.25) is 0 Å². The first kappa shape index (κ1) is 11.3. The molecule has 0 saturated carbocycles. The van der Waals surface area contributed by atoms with Gasteiger partial charge in [-0.25, -0.2) is 0 Å². The van der Waals surface area contributed by atoms with E-state index in [9.17, 15) is 0 Å². The third-order valence-corrected chi connectivity index (χ3v) is 2.21. The minimum absolute atomic E-state index is 0.00843. The third-order valence-electron chi connectivity index (χ3n) is 2.21. The summed E-state index contributed by atoms with van der Waals surface area (Å²) in [5.74, 6) is 0.995. The van der Waals surface area contributed by atoms with E-state index >= 15 is 0 Å². The zero-order chi connectivity index (χ0) is 12.3. The van der Waals surface area contributed by atoms with Crippen molar-refractivity contribution in [3.8, 4) is 17.5 Å². The van der Waals surface area contributed by atoms with E-state index in [4.69, 9.17) is 15.5 Å². The molecule has 0 radical (unpaired) electrons. The van der Waals surface area contributed by atoms with E-state index in [1.807, 2.05) is 13.0 Å². The Balaban J connectivity index is 2.27.